The van der Waals surface area contributed by atoms with Gasteiger partial charge in [-0.1, -0.05) is 6.07 Å². The number of anilines is 1. The fourth-order valence-electron chi connectivity index (χ4n) is 4.42. The minimum atomic E-state index is -0.326. The number of amides is 3. The summed E-state index contributed by atoms with van der Waals surface area (Å²) in [5, 5.41) is 3.05. The van der Waals surface area contributed by atoms with Crippen molar-refractivity contribution in [2.45, 2.75) is 33.1 Å². The van der Waals surface area contributed by atoms with E-state index in [2.05, 4.69) is 5.32 Å². The van der Waals surface area contributed by atoms with E-state index < -0.39 is 0 Å². The molecule has 4 rings (SSSR count). The number of piperidine rings is 1. The fraction of sp³-hybridized carbons (Fsp3) is 0.423. The normalized spacial score (nSPS) is 19.5. The van der Waals surface area contributed by atoms with Crippen LogP contribution in [0.4, 0.5) is 5.69 Å². The van der Waals surface area contributed by atoms with Crippen LogP contribution < -0.4 is 10.2 Å². The molecular weight excluding hydrogens is 418 g/mol. The topological polar surface area (TPSA) is 82.9 Å². The van der Waals surface area contributed by atoms with Crippen LogP contribution in [0.5, 0.6) is 0 Å². The standard InChI is InChI=1S/C26H31N3O4/c1-18-5-6-22(14-19(18)2)29-17-21(15-25(29)31)26(32)27-16-20-9-11-28(12-10-20)24(30)8-7-23-4-3-13-33-23/h3-8,13-14,20-21H,9-12,15-17H2,1-2H3,(H,27,32)/b8-7+/t21-/m1/s1. The molecule has 0 spiro atoms. The molecule has 2 aliphatic rings. The van der Waals surface area contributed by atoms with Crippen LogP contribution >= 0.6 is 0 Å². The molecule has 1 N–H and O–H groups in total. The molecule has 0 aliphatic carbocycles. The van der Waals surface area contributed by atoms with Crippen molar-refractivity contribution in [1.82, 2.24) is 10.2 Å². The van der Waals surface area contributed by atoms with Crippen molar-refractivity contribution < 1.29 is 18.8 Å². The molecule has 7 heteroatoms. The smallest absolute Gasteiger partial charge is 0.246 e. The second kappa shape index (κ2) is 10.1. The molecule has 0 radical (unpaired) electrons. The van der Waals surface area contributed by atoms with Gasteiger partial charge in [0.1, 0.15) is 5.76 Å². The summed E-state index contributed by atoms with van der Waals surface area (Å²) in [6.45, 7) is 6.41. The molecule has 3 heterocycles. The van der Waals surface area contributed by atoms with Gasteiger partial charge in [-0.25, -0.2) is 0 Å². The summed E-state index contributed by atoms with van der Waals surface area (Å²) in [4.78, 5) is 41.1. The lowest BCUT2D eigenvalue weighted by molar-refractivity contribution is -0.128. The lowest BCUT2D eigenvalue weighted by Gasteiger charge is -2.31. The number of nitrogens with one attached hydrogen (secondary N) is 1. The Kier molecular flexibility index (Phi) is 6.96. The molecule has 0 unspecified atom stereocenters. The molecule has 2 saturated heterocycles. The predicted molar refractivity (Wildman–Crippen MR) is 126 cm³/mol. The van der Waals surface area contributed by atoms with Crippen molar-refractivity contribution >= 4 is 29.5 Å². The summed E-state index contributed by atoms with van der Waals surface area (Å²) < 4.78 is 5.21. The quantitative estimate of drug-likeness (QED) is 0.686. The summed E-state index contributed by atoms with van der Waals surface area (Å²) >= 11 is 0. The highest BCUT2D eigenvalue weighted by molar-refractivity contribution is 6.00. The Bertz CT molecular complexity index is 1040. The van der Waals surface area contributed by atoms with Crippen LogP contribution in [0.3, 0.4) is 0 Å². The maximum Gasteiger partial charge on any atom is 0.246 e. The number of hydrogen-bond donors (Lipinski definition) is 1. The van der Waals surface area contributed by atoms with E-state index in [0.29, 0.717) is 37.9 Å². The van der Waals surface area contributed by atoms with E-state index in [4.69, 9.17) is 4.42 Å². The molecular formula is C26H31N3O4. The first-order valence-electron chi connectivity index (χ1n) is 11.6. The number of benzene rings is 1. The highest BCUT2D eigenvalue weighted by Gasteiger charge is 2.35. The molecule has 3 amide bonds. The van der Waals surface area contributed by atoms with Crippen molar-refractivity contribution in [2.24, 2.45) is 11.8 Å². The van der Waals surface area contributed by atoms with Crippen LogP contribution in [-0.4, -0.2) is 48.8 Å². The van der Waals surface area contributed by atoms with E-state index in [9.17, 15) is 14.4 Å². The first kappa shape index (κ1) is 22.8. The minimum absolute atomic E-state index is 0.00664. The van der Waals surface area contributed by atoms with Crippen LogP contribution in [0, 0.1) is 25.7 Å². The van der Waals surface area contributed by atoms with Crippen LogP contribution in [0.2, 0.25) is 0 Å². The Hall–Kier alpha value is -3.35. The van der Waals surface area contributed by atoms with Crippen LogP contribution in [0.1, 0.15) is 36.1 Å². The van der Waals surface area contributed by atoms with Crippen molar-refractivity contribution in [3.8, 4) is 0 Å². The molecule has 174 valence electrons. The Morgan fingerprint density at radius 1 is 1.15 bits per heavy atom. The third kappa shape index (κ3) is 5.53. The number of aryl methyl sites for hydroxylation is 2. The molecule has 2 fully saturated rings. The summed E-state index contributed by atoms with van der Waals surface area (Å²) in [5.74, 6) is 0.571. The molecule has 1 atom stereocenters. The SMILES string of the molecule is Cc1ccc(N2C[C@H](C(=O)NCC3CCN(C(=O)/C=C/c4ccco4)CC3)CC2=O)cc1C. The van der Waals surface area contributed by atoms with Crippen LogP contribution in [0.15, 0.2) is 47.1 Å². The summed E-state index contributed by atoms with van der Waals surface area (Å²) in [7, 11) is 0. The molecule has 2 aromatic rings. The molecule has 1 aromatic carbocycles. The highest BCUT2D eigenvalue weighted by Crippen LogP contribution is 2.27. The summed E-state index contributed by atoms with van der Waals surface area (Å²) in [6, 6.07) is 9.55. The summed E-state index contributed by atoms with van der Waals surface area (Å²) in [5.41, 5.74) is 3.17. The number of nitrogens with zero attached hydrogens (tertiary/aromatic N) is 2. The third-order valence-corrected chi connectivity index (χ3v) is 6.72. The van der Waals surface area contributed by atoms with Gasteiger partial charge in [0.2, 0.25) is 17.7 Å². The zero-order valence-electron chi connectivity index (χ0n) is 19.3. The van der Waals surface area contributed by atoms with Gasteiger partial charge in [-0.2, -0.15) is 0 Å². The fourth-order valence-corrected chi connectivity index (χ4v) is 4.42. The highest BCUT2D eigenvalue weighted by atomic mass is 16.3. The van der Waals surface area contributed by atoms with E-state index in [1.165, 1.54) is 5.56 Å². The van der Waals surface area contributed by atoms with E-state index in [-0.39, 0.29) is 30.1 Å². The Morgan fingerprint density at radius 2 is 1.94 bits per heavy atom. The van der Waals surface area contributed by atoms with Gasteiger partial charge in [0.25, 0.3) is 0 Å². The lowest BCUT2D eigenvalue weighted by Crippen LogP contribution is -2.42. The maximum absolute atomic E-state index is 12.7. The van der Waals surface area contributed by atoms with Gasteiger partial charge in [0, 0.05) is 44.4 Å². The molecule has 7 nitrogen and oxygen atoms in total. The lowest BCUT2D eigenvalue weighted by atomic mass is 9.96. The largest absolute Gasteiger partial charge is 0.465 e. The second-order valence-electron chi connectivity index (χ2n) is 9.04. The number of carbonyl (C=O) groups is 3. The Morgan fingerprint density at radius 3 is 2.64 bits per heavy atom. The monoisotopic (exact) mass is 449 g/mol. The first-order chi connectivity index (χ1) is 15.9. The van der Waals surface area contributed by atoms with Crippen LogP contribution in [-0.2, 0) is 14.4 Å². The van der Waals surface area contributed by atoms with E-state index in [1.54, 1.807) is 35.4 Å². The maximum atomic E-state index is 12.7. The number of furan rings is 1. The van der Waals surface area contributed by atoms with E-state index >= 15 is 0 Å². The van der Waals surface area contributed by atoms with Gasteiger partial charge >= 0.3 is 0 Å². The molecule has 0 saturated carbocycles. The van der Waals surface area contributed by atoms with Gasteiger partial charge in [-0.15, -0.1) is 0 Å². The Labute approximate surface area is 194 Å². The van der Waals surface area contributed by atoms with Crippen molar-refractivity contribution in [3.05, 3.63) is 59.6 Å². The number of hydrogen-bond acceptors (Lipinski definition) is 4. The zero-order valence-corrected chi connectivity index (χ0v) is 19.3. The Balaban J connectivity index is 1.21. The average molecular weight is 450 g/mol. The van der Waals surface area contributed by atoms with Gasteiger partial charge in [-0.05, 0) is 74.1 Å². The molecule has 1 aromatic heterocycles. The van der Waals surface area contributed by atoms with Crippen LogP contribution in [0.25, 0.3) is 6.08 Å². The predicted octanol–water partition coefficient (Wildman–Crippen LogP) is 3.32. The summed E-state index contributed by atoms with van der Waals surface area (Å²) in [6.07, 6.45) is 6.73. The van der Waals surface area contributed by atoms with Gasteiger partial charge in [0.15, 0.2) is 0 Å². The third-order valence-electron chi connectivity index (χ3n) is 6.72. The number of likely N-dealkylation sites (tertiary alicyclic amines) is 1. The van der Waals surface area contributed by atoms with Gasteiger partial charge in [-0.3, -0.25) is 14.4 Å². The van der Waals surface area contributed by atoms with Crippen molar-refractivity contribution in [2.75, 3.05) is 31.1 Å². The van der Waals surface area contributed by atoms with Crippen molar-refractivity contribution in [1.29, 1.82) is 0 Å². The minimum Gasteiger partial charge on any atom is -0.465 e. The second-order valence-corrected chi connectivity index (χ2v) is 9.04. The number of rotatable bonds is 6. The first-order valence-corrected chi connectivity index (χ1v) is 11.6. The molecule has 0 bridgehead atoms. The molecule has 2 aliphatic heterocycles. The van der Waals surface area contributed by atoms with E-state index in [0.717, 1.165) is 24.1 Å². The van der Waals surface area contributed by atoms with Crippen molar-refractivity contribution in [3.63, 3.8) is 0 Å². The zero-order chi connectivity index (χ0) is 23.4. The number of carbonyl (C=O) groups excluding carboxylic acids is 3. The van der Waals surface area contributed by atoms with Gasteiger partial charge < -0.3 is 19.5 Å². The van der Waals surface area contributed by atoms with E-state index in [1.807, 2.05) is 36.9 Å². The average Bonchev–Trinajstić information content (AvgIpc) is 3.48. The van der Waals surface area contributed by atoms with Gasteiger partial charge in [0.05, 0.1) is 12.2 Å². The molecule has 33 heavy (non-hydrogen) atoms.